The number of benzene rings is 1. The van der Waals surface area contributed by atoms with Gasteiger partial charge in [0.25, 0.3) is 0 Å². The van der Waals surface area contributed by atoms with E-state index in [2.05, 4.69) is 22.2 Å². The van der Waals surface area contributed by atoms with Crippen molar-refractivity contribution in [2.75, 3.05) is 33.3 Å². The SMILES string of the molecule is CC[C@@H]1CCCCN1CCCNC(=O)CN1N=C(c2ccc(OC)cc2)CCC1=O. The number of nitrogens with zero attached hydrogens (tertiary/aromatic N) is 3. The maximum Gasteiger partial charge on any atom is 0.243 e. The van der Waals surface area contributed by atoms with Gasteiger partial charge in [0.2, 0.25) is 11.8 Å². The van der Waals surface area contributed by atoms with Crippen LogP contribution in [-0.2, 0) is 9.59 Å². The van der Waals surface area contributed by atoms with Crippen LogP contribution in [0.5, 0.6) is 5.75 Å². The van der Waals surface area contributed by atoms with Gasteiger partial charge in [0.1, 0.15) is 12.3 Å². The zero-order valence-corrected chi connectivity index (χ0v) is 18.2. The molecule has 164 valence electrons. The van der Waals surface area contributed by atoms with Crippen molar-refractivity contribution in [2.24, 2.45) is 5.10 Å². The minimum absolute atomic E-state index is 0.0280. The quantitative estimate of drug-likeness (QED) is 0.631. The molecule has 0 bridgehead atoms. The summed E-state index contributed by atoms with van der Waals surface area (Å²) >= 11 is 0. The molecule has 1 aromatic rings. The third kappa shape index (κ3) is 6.05. The number of piperidine rings is 1. The number of ether oxygens (including phenoxy) is 1. The molecule has 2 aliphatic heterocycles. The molecule has 0 aliphatic carbocycles. The lowest BCUT2D eigenvalue weighted by Crippen LogP contribution is -2.42. The van der Waals surface area contributed by atoms with Crippen molar-refractivity contribution < 1.29 is 14.3 Å². The van der Waals surface area contributed by atoms with Crippen molar-refractivity contribution in [2.45, 2.75) is 57.9 Å². The average Bonchev–Trinajstić information content (AvgIpc) is 2.78. The number of amides is 2. The first-order valence-corrected chi connectivity index (χ1v) is 11.1. The van der Waals surface area contributed by atoms with E-state index in [1.165, 1.54) is 30.7 Å². The zero-order valence-electron chi connectivity index (χ0n) is 18.2. The van der Waals surface area contributed by atoms with E-state index in [1.807, 2.05) is 24.3 Å². The Morgan fingerprint density at radius 1 is 1.23 bits per heavy atom. The van der Waals surface area contributed by atoms with E-state index in [4.69, 9.17) is 4.74 Å². The molecule has 1 fully saturated rings. The first-order valence-electron chi connectivity index (χ1n) is 11.1. The molecule has 0 radical (unpaired) electrons. The van der Waals surface area contributed by atoms with Crippen molar-refractivity contribution in [1.29, 1.82) is 0 Å². The van der Waals surface area contributed by atoms with Gasteiger partial charge >= 0.3 is 0 Å². The Bertz CT molecular complexity index is 747. The molecule has 3 rings (SSSR count). The second-order valence-corrected chi connectivity index (χ2v) is 8.02. The van der Waals surface area contributed by atoms with Gasteiger partial charge < -0.3 is 15.0 Å². The fraction of sp³-hybridized carbons (Fsp3) is 0.609. The van der Waals surface area contributed by atoms with Gasteiger partial charge in [-0.05, 0) is 62.1 Å². The van der Waals surface area contributed by atoms with E-state index >= 15 is 0 Å². The van der Waals surface area contributed by atoms with Crippen LogP contribution >= 0.6 is 0 Å². The average molecular weight is 415 g/mol. The summed E-state index contributed by atoms with van der Waals surface area (Å²) in [5.74, 6) is 0.507. The Morgan fingerprint density at radius 3 is 2.77 bits per heavy atom. The number of hydrogen-bond acceptors (Lipinski definition) is 5. The fourth-order valence-electron chi connectivity index (χ4n) is 4.23. The van der Waals surface area contributed by atoms with Gasteiger partial charge in [-0.15, -0.1) is 0 Å². The van der Waals surface area contributed by atoms with Crippen LogP contribution in [0.4, 0.5) is 0 Å². The number of hydrogen-bond donors (Lipinski definition) is 1. The minimum atomic E-state index is -0.159. The van der Waals surface area contributed by atoms with Crippen molar-refractivity contribution in [3.63, 3.8) is 0 Å². The topological polar surface area (TPSA) is 74.2 Å². The number of methoxy groups -OCH3 is 1. The maximum absolute atomic E-state index is 12.4. The molecule has 0 spiro atoms. The highest BCUT2D eigenvalue weighted by Gasteiger charge is 2.24. The molecule has 7 heteroatoms. The van der Waals surface area contributed by atoms with Crippen LogP contribution < -0.4 is 10.1 Å². The summed E-state index contributed by atoms with van der Waals surface area (Å²) in [6, 6.07) is 8.28. The Kier molecular flexibility index (Phi) is 8.25. The van der Waals surface area contributed by atoms with Crippen molar-refractivity contribution in [3.8, 4) is 5.75 Å². The van der Waals surface area contributed by atoms with Crippen molar-refractivity contribution in [1.82, 2.24) is 15.2 Å². The zero-order chi connectivity index (χ0) is 21.3. The molecular weight excluding hydrogens is 380 g/mol. The first kappa shape index (κ1) is 22.3. The van der Waals surface area contributed by atoms with Crippen LogP contribution in [0.3, 0.4) is 0 Å². The molecule has 2 amide bonds. The Balaban J connectivity index is 1.46. The van der Waals surface area contributed by atoms with Crippen LogP contribution in [0.15, 0.2) is 29.4 Å². The molecule has 0 unspecified atom stereocenters. The van der Waals surface area contributed by atoms with Gasteiger partial charge in [-0.25, -0.2) is 5.01 Å². The van der Waals surface area contributed by atoms with Crippen LogP contribution in [0.2, 0.25) is 0 Å². The summed E-state index contributed by atoms with van der Waals surface area (Å²) < 4.78 is 5.18. The summed E-state index contributed by atoms with van der Waals surface area (Å²) in [5, 5.41) is 8.69. The molecule has 1 saturated heterocycles. The molecule has 7 nitrogen and oxygen atoms in total. The lowest BCUT2D eigenvalue weighted by molar-refractivity contribution is -0.136. The normalized spacial score (nSPS) is 20.1. The largest absolute Gasteiger partial charge is 0.497 e. The molecule has 1 atom stereocenters. The van der Waals surface area contributed by atoms with Gasteiger partial charge in [-0.3, -0.25) is 9.59 Å². The number of likely N-dealkylation sites (tertiary alicyclic amines) is 1. The third-order valence-electron chi connectivity index (χ3n) is 5.99. The Hall–Kier alpha value is -2.41. The van der Waals surface area contributed by atoms with Gasteiger partial charge in [0.15, 0.2) is 0 Å². The summed E-state index contributed by atoms with van der Waals surface area (Å²) in [4.78, 5) is 27.1. The predicted octanol–water partition coefficient (Wildman–Crippen LogP) is 2.79. The van der Waals surface area contributed by atoms with Crippen molar-refractivity contribution >= 4 is 17.5 Å². The van der Waals surface area contributed by atoms with E-state index in [9.17, 15) is 9.59 Å². The number of hydrazone groups is 1. The van der Waals surface area contributed by atoms with Gasteiger partial charge in [-0.2, -0.15) is 5.10 Å². The fourth-order valence-corrected chi connectivity index (χ4v) is 4.23. The van der Waals surface area contributed by atoms with E-state index in [1.54, 1.807) is 7.11 Å². The summed E-state index contributed by atoms with van der Waals surface area (Å²) in [6.07, 6.45) is 6.95. The lowest BCUT2D eigenvalue weighted by Gasteiger charge is -2.35. The molecule has 2 heterocycles. The van der Waals surface area contributed by atoms with E-state index in [0.29, 0.717) is 25.4 Å². The van der Waals surface area contributed by atoms with Crippen LogP contribution in [0.25, 0.3) is 0 Å². The van der Waals surface area contributed by atoms with E-state index in [-0.39, 0.29) is 18.4 Å². The number of nitrogens with one attached hydrogen (secondary N) is 1. The van der Waals surface area contributed by atoms with Crippen LogP contribution in [0.1, 0.15) is 57.4 Å². The highest BCUT2D eigenvalue weighted by Crippen LogP contribution is 2.20. The highest BCUT2D eigenvalue weighted by atomic mass is 16.5. The number of rotatable bonds is 9. The number of carbonyl (C=O) groups is 2. The van der Waals surface area contributed by atoms with Crippen LogP contribution in [0, 0.1) is 0 Å². The summed E-state index contributed by atoms with van der Waals surface area (Å²) in [6.45, 7) is 5.03. The second-order valence-electron chi connectivity index (χ2n) is 8.02. The van der Waals surface area contributed by atoms with E-state index < -0.39 is 0 Å². The maximum atomic E-state index is 12.4. The molecular formula is C23H34N4O3. The lowest BCUT2D eigenvalue weighted by atomic mass is 10.00. The van der Waals surface area contributed by atoms with Gasteiger partial charge in [0, 0.05) is 32.0 Å². The summed E-state index contributed by atoms with van der Waals surface area (Å²) in [5.41, 5.74) is 1.77. The van der Waals surface area contributed by atoms with Crippen LogP contribution in [-0.4, -0.2) is 66.8 Å². The number of carbonyl (C=O) groups excluding carboxylic acids is 2. The van der Waals surface area contributed by atoms with Gasteiger partial charge in [0.05, 0.1) is 12.8 Å². The molecule has 30 heavy (non-hydrogen) atoms. The molecule has 0 aromatic heterocycles. The Morgan fingerprint density at radius 2 is 2.03 bits per heavy atom. The third-order valence-corrected chi connectivity index (χ3v) is 5.99. The molecule has 2 aliphatic rings. The van der Waals surface area contributed by atoms with E-state index in [0.717, 1.165) is 36.5 Å². The standard InChI is InChI=1S/C23H34N4O3/c1-3-19-7-4-5-15-26(19)16-6-14-24-22(28)17-27-23(29)13-12-21(25-27)18-8-10-20(30-2)11-9-18/h8-11,19H,3-7,12-17H2,1-2H3,(H,24,28)/t19-/m1/s1. The molecule has 1 N–H and O–H groups in total. The van der Waals surface area contributed by atoms with Gasteiger partial charge in [-0.1, -0.05) is 13.3 Å². The Labute approximate surface area is 179 Å². The monoisotopic (exact) mass is 414 g/mol. The highest BCUT2D eigenvalue weighted by molar-refractivity contribution is 6.04. The van der Waals surface area contributed by atoms with Crippen molar-refractivity contribution in [3.05, 3.63) is 29.8 Å². The first-order chi connectivity index (χ1) is 14.6. The summed E-state index contributed by atoms with van der Waals surface area (Å²) in [7, 11) is 1.63. The molecule has 1 aromatic carbocycles. The minimum Gasteiger partial charge on any atom is -0.497 e. The molecule has 0 saturated carbocycles. The second kappa shape index (κ2) is 11.1. The smallest absolute Gasteiger partial charge is 0.243 e. The predicted molar refractivity (Wildman–Crippen MR) is 118 cm³/mol.